The Hall–Kier alpha value is -1.88. The number of carboxylic acids is 1. The predicted octanol–water partition coefficient (Wildman–Crippen LogP) is 0.899. The lowest BCUT2D eigenvalue weighted by atomic mass is 10.1. The van der Waals surface area contributed by atoms with Gasteiger partial charge in [0.25, 0.3) is 0 Å². The van der Waals surface area contributed by atoms with Crippen LogP contribution in [0.4, 0.5) is 0 Å². The van der Waals surface area contributed by atoms with Gasteiger partial charge in [0.2, 0.25) is 5.91 Å². The first kappa shape index (κ1) is 15.2. The van der Waals surface area contributed by atoms with Crippen molar-refractivity contribution in [2.45, 2.75) is 13.3 Å². The molecule has 0 radical (unpaired) electrons. The van der Waals surface area contributed by atoms with E-state index in [0.29, 0.717) is 19.5 Å². The van der Waals surface area contributed by atoms with E-state index >= 15 is 0 Å². The van der Waals surface area contributed by atoms with Crippen LogP contribution in [-0.2, 0) is 11.2 Å². The third kappa shape index (κ3) is 5.09. The molecule has 5 nitrogen and oxygen atoms in total. The highest BCUT2D eigenvalue weighted by Crippen LogP contribution is 2.05. The zero-order chi connectivity index (χ0) is 14.3. The van der Waals surface area contributed by atoms with Crippen LogP contribution in [0, 0.1) is 5.92 Å². The molecule has 3 N–H and O–H groups in total. The lowest BCUT2D eigenvalue weighted by molar-refractivity contribution is -0.124. The first-order valence-electron chi connectivity index (χ1n) is 6.29. The number of carboxylic acid groups (broad SMARTS) is 1. The van der Waals surface area contributed by atoms with E-state index in [1.54, 1.807) is 25.2 Å². The second kappa shape index (κ2) is 7.53. The van der Waals surface area contributed by atoms with Crippen LogP contribution in [-0.4, -0.2) is 37.1 Å². The molecule has 0 bridgehead atoms. The quantitative estimate of drug-likeness (QED) is 0.683. The van der Waals surface area contributed by atoms with Crippen molar-refractivity contribution in [1.29, 1.82) is 0 Å². The molecular formula is C14H20N2O3. The lowest BCUT2D eigenvalue weighted by Gasteiger charge is -2.11. The molecule has 1 aromatic carbocycles. The van der Waals surface area contributed by atoms with Gasteiger partial charge in [0, 0.05) is 19.0 Å². The van der Waals surface area contributed by atoms with E-state index < -0.39 is 5.97 Å². The molecule has 0 aliphatic carbocycles. The van der Waals surface area contributed by atoms with Gasteiger partial charge in [0.05, 0.1) is 5.56 Å². The van der Waals surface area contributed by atoms with Gasteiger partial charge in [0.15, 0.2) is 0 Å². The summed E-state index contributed by atoms with van der Waals surface area (Å²) in [6.45, 7) is 3.01. The van der Waals surface area contributed by atoms with Crippen molar-refractivity contribution in [3.8, 4) is 0 Å². The molecule has 1 aromatic rings. The molecule has 0 aliphatic heterocycles. The van der Waals surface area contributed by atoms with Gasteiger partial charge in [0.1, 0.15) is 0 Å². The van der Waals surface area contributed by atoms with E-state index in [-0.39, 0.29) is 17.4 Å². The molecule has 1 rings (SSSR count). The molecule has 0 fully saturated rings. The predicted molar refractivity (Wildman–Crippen MR) is 73.2 cm³/mol. The van der Waals surface area contributed by atoms with Crippen LogP contribution in [0.1, 0.15) is 22.8 Å². The second-order valence-corrected chi connectivity index (χ2v) is 4.51. The molecule has 0 heterocycles. The lowest BCUT2D eigenvalue weighted by Crippen LogP contribution is -2.35. The van der Waals surface area contributed by atoms with Crippen molar-refractivity contribution >= 4 is 11.9 Å². The number of hydrogen-bond acceptors (Lipinski definition) is 3. The summed E-state index contributed by atoms with van der Waals surface area (Å²) in [5, 5.41) is 14.7. The highest BCUT2D eigenvalue weighted by Gasteiger charge is 2.10. The van der Waals surface area contributed by atoms with Crippen LogP contribution in [0.5, 0.6) is 0 Å². The normalized spacial score (nSPS) is 11.9. The molecule has 0 spiro atoms. The summed E-state index contributed by atoms with van der Waals surface area (Å²) < 4.78 is 0. The van der Waals surface area contributed by atoms with Gasteiger partial charge in [-0.2, -0.15) is 0 Å². The van der Waals surface area contributed by atoms with E-state index in [1.807, 2.05) is 13.0 Å². The van der Waals surface area contributed by atoms with Crippen molar-refractivity contribution in [3.63, 3.8) is 0 Å². The Morgan fingerprint density at radius 1 is 1.37 bits per heavy atom. The maximum atomic E-state index is 11.7. The van der Waals surface area contributed by atoms with Crippen LogP contribution < -0.4 is 10.6 Å². The number of nitrogens with one attached hydrogen (secondary N) is 2. The molecule has 5 heteroatoms. The van der Waals surface area contributed by atoms with Gasteiger partial charge in [-0.3, -0.25) is 4.79 Å². The third-order valence-corrected chi connectivity index (χ3v) is 2.84. The summed E-state index contributed by atoms with van der Waals surface area (Å²) in [4.78, 5) is 22.5. The zero-order valence-corrected chi connectivity index (χ0v) is 11.3. The molecule has 0 aliphatic rings. The molecule has 0 aromatic heterocycles. The number of amides is 1. The summed E-state index contributed by atoms with van der Waals surface area (Å²) in [6, 6.07) is 6.75. The Labute approximate surface area is 113 Å². The standard InChI is InChI=1S/C14H20N2O3/c1-10(9-15-2)13(17)16-7-6-11-4-3-5-12(8-11)14(18)19/h3-5,8,10,15H,6-7,9H2,1-2H3,(H,16,17)(H,18,19). The highest BCUT2D eigenvalue weighted by atomic mass is 16.4. The Morgan fingerprint density at radius 2 is 2.11 bits per heavy atom. The van der Waals surface area contributed by atoms with E-state index in [9.17, 15) is 9.59 Å². The largest absolute Gasteiger partial charge is 0.478 e. The number of carbonyl (C=O) groups is 2. The molecule has 1 atom stereocenters. The summed E-state index contributed by atoms with van der Waals surface area (Å²) in [6.07, 6.45) is 0.624. The molecule has 1 unspecified atom stereocenters. The fourth-order valence-corrected chi connectivity index (χ4v) is 1.76. The summed E-state index contributed by atoms with van der Waals surface area (Å²) in [5.74, 6) is -1.01. The van der Waals surface area contributed by atoms with E-state index in [2.05, 4.69) is 10.6 Å². The average Bonchev–Trinajstić information content (AvgIpc) is 2.39. The number of benzene rings is 1. The Morgan fingerprint density at radius 3 is 2.74 bits per heavy atom. The fourth-order valence-electron chi connectivity index (χ4n) is 1.76. The van der Waals surface area contributed by atoms with Gasteiger partial charge in [-0.15, -0.1) is 0 Å². The van der Waals surface area contributed by atoms with Crippen molar-refractivity contribution in [2.75, 3.05) is 20.1 Å². The van der Waals surface area contributed by atoms with Crippen LogP contribution in [0.2, 0.25) is 0 Å². The monoisotopic (exact) mass is 264 g/mol. The van der Waals surface area contributed by atoms with Crippen molar-refractivity contribution in [2.24, 2.45) is 5.92 Å². The minimum absolute atomic E-state index is 0.00346. The molecule has 0 saturated heterocycles. The maximum absolute atomic E-state index is 11.7. The Balaban J connectivity index is 2.43. The SMILES string of the molecule is CNCC(C)C(=O)NCCc1cccc(C(=O)O)c1. The van der Waals surface area contributed by atoms with Gasteiger partial charge in [-0.05, 0) is 31.2 Å². The number of carbonyl (C=O) groups excluding carboxylic acids is 1. The van der Waals surface area contributed by atoms with Crippen molar-refractivity contribution < 1.29 is 14.7 Å². The van der Waals surface area contributed by atoms with Crippen molar-refractivity contribution in [1.82, 2.24) is 10.6 Å². The number of hydrogen-bond donors (Lipinski definition) is 3. The van der Waals surface area contributed by atoms with E-state index in [1.165, 1.54) is 0 Å². The maximum Gasteiger partial charge on any atom is 0.335 e. The third-order valence-electron chi connectivity index (χ3n) is 2.84. The molecule has 1 amide bonds. The van der Waals surface area contributed by atoms with Gasteiger partial charge in [-0.1, -0.05) is 19.1 Å². The van der Waals surface area contributed by atoms with Crippen LogP contribution >= 0.6 is 0 Å². The zero-order valence-electron chi connectivity index (χ0n) is 11.3. The van der Waals surface area contributed by atoms with Crippen LogP contribution in [0.25, 0.3) is 0 Å². The summed E-state index contributed by atoms with van der Waals surface area (Å²) in [5.41, 5.74) is 1.17. The first-order valence-corrected chi connectivity index (χ1v) is 6.29. The van der Waals surface area contributed by atoms with Crippen LogP contribution in [0.3, 0.4) is 0 Å². The summed E-state index contributed by atoms with van der Waals surface area (Å²) in [7, 11) is 1.81. The smallest absolute Gasteiger partial charge is 0.335 e. The minimum Gasteiger partial charge on any atom is -0.478 e. The average molecular weight is 264 g/mol. The fraction of sp³-hybridized carbons (Fsp3) is 0.429. The van der Waals surface area contributed by atoms with E-state index in [4.69, 9.17) is 5.11 Å². The van der Waals surface area contributed by atoms with Gasteiger partial charge in [-0.25, -0.2) is 4.79 Å². The molecular weight excluding hydrogens is 244 g/mol. The van der Waals surface area contributed by atoms with Gasteiger partial charge < -0.3 is 15.7 Å². The van der Waals surface area contributed by atoms with Gasteiger partial charge >= 0.3 is 5.97 Å². The van der Waals surface area contributed by atoms with Crippen molar-refractivity contribution in [3.05, 3.63) is 35.4 Å². The molecule has 19 heavy (non-hydrogen) atoms. The molecule has 0 saturated carbocycles. The Bertz CT molecular complexity index is 446. The minimum atomic E-state index is -0.937. The topological polar surface area (TPSA) is 78.4 Å². The van der Waals surface area contributed by atoms with E-state index in [0.717, 1.165) is 5.56 Å². The van der Waals surface area contributed by atoms with Crippen LogP contribution in [0.15, 0.2) is 24.3 Å². The number of rotatable bonds is 7. The molecule has 104 valence electrons. The highest BCUT2D eigenvalue weighted by molar-refractivity contribution is 5.87. The second-order valence-electron chi connectivity index (χ2n) is 4.51. The Kier molecular flexibility index (Phi) is 6.02. The summed E-state index contributed by atoms with van der Waals surface area (Å²) >= 11 is 0. The number of aromatic carboxylic acids is 1. The first-order chi connectivity index (χ1) is 9.04.